The zero-order valence-electron chi connectivity index (χ0n) is 8.69. The van der Waals surface area contributed by atoms with Crippen LogP contribution in [0.4, 0.5) is 0 Å². The third-order valence-corrected chi connectivity index (χ3v) is 2.90. The number of fused-ring (bicyclic) bond motifs is 1. The molecular weight excluding hydrogens is 190 g/mol. The van der Waals surface area contributed by atoms with Gasteiger partial charge in [-0.15, -0.1) is 0 Å². The molecule has 15 heavy (non-hydrogen) atoms. The number of aliphatic hydroxyl groups is 2. The second kappa shape index (κ2) is 4.75. The lowest BCUT2D eigenvalue weighted by atomic mass is 10.1. The predicted molar refractivity (Wildman–Crippen MR) is 58.7 cm³/mol. The van der Waals surface area contributed by atoms with Gasteiger partial charge in [-0.3, -0.25) is 0 Å². The topological polar surface area (TPSA) is 52.5 Å². The first-order valence-electron chi connectivity index (χ1n) is 5.38. The van der Waals surface area contributed by atoms with E-state index in [0.29, 0.717) is 12.6 Å². The molecular formula is C12H17NO2. The average Bonchev–Trinajstić information content (AvgIpc) is 2.68. The number of hydrogen-bond acceptors (Lipinski definition) is 3. The predicted octanol–water partition coefficient (Wildman–Crippen LogP) is 0.0966. The zero-order chi connectivity index (χ0) is 10.7. The third-order valence-electron chi connectivity index (χ3n) is 2.90. The first-order valence-corrected chi connectivity index (χ1v) is 5.38. The molecule has 0 amide bonds. The Morgan fingerprint density at radius 3 is 2.40 bits per heavy atom. The Kier molecular flexibility index (Phi) is 3.36. The molecule has 0 saturated heterocycles. The lowest BCUT2D eigenvalue weighted by Gasteiger charge is -2.14. The fourth-order valence-electron chi connectivity index (χ4n) is 2.07. The average molecular weight is 207 g/mol. The summed E-state index contributed by atoms with van der Waals surface area (Å²) < 4.78 is 0. The van der Waals surface area contributed by atoms with Crippen LogP contribution in [0, 0.1) is 0 Å². The van der Waals surface area contributed by atoms with Gasteiger partial charge in [-0.05, 0) is 24.0 Å². The summed E-state index contributed by atoms with van der Waals surface area (Å²) in [4.78, 5) is 0. The minimum atomic E-state index is -0.645. The van der Waals surface area contributed by atoms with E-state index >= 15 is 0 Å². The lowest BCUT2D eigenvalue weighted by molar-refractivity contribution is 0.0921. The molecule has 3 N–H and O–H groups in total. The monoisotopic (exact) mass is 207 g/mol. The molecule has 1 aliphatic rings. The Labute approximate surface area is 89.8 Å². The van der Waals surface area contributed by atoms with Crippen molar-refractivity contribution in [2.45, 2.75) is 25.0 Å². The maximum atomic E-state index is 9.22. The lowest BCUT2D eigenvalue weighted by Crippen LogP contribution is -2.37. The fraction of sp³-hybridized carbons (Fsp3) is 0.500. The first-order chi connectivity index (χ1) is 7.29. The van der Waals surface area contributed by atoms with E-state index in [1.807, 2.05) is 0 Å². The van der Waals surface area contributed by atoms with Gasteiger partial charge in [0, 0.05) is 12.6 Å². The highest BCUT2D eigenvalue weighted by molar-refractivity contribution is 5.33. The smallest absolute Gasteiger partial charge is 0.0895 e. The summed E-state index contributed by atoms with van der Waals surface area (Å²) >= 11 is 0. The number of hydrogen-bond donors (Lipinski definition) is 3. The number of nitrogens with one attached hydrogen (secondary N) is 1. The standard InChI is InChI=1S/C12H17NO2/c14-8-12(15)7-13-11-5-9-3-1-2-4-10(9)6-11/h1-4,11-15H,5-8H2/t12-/m0/s1. The normalized spacial score (nSPS) is 17.7. The highest BCUT2D eigenvalue weighted by Gasteiger charge is 2.20. The van der Waals surface area contributed by atoms with Crippen LogP contribution in [0.5, 0.6) is 0 Å². The van der Waals surface area contributed by atoms with Gasteiger partial charge in [0.15, 0.2) is 0 Å². The first kappa shape index (κ1) is 10.6. The van der Waals surface area contributed by atoms with Crippen LogP contribution in [0.3, 0.4) is 0 Å². The molecule has 1 aliphatic carbocycles. The van der Waals surface area contributed by atoms with Crippen molar-refractivity contribution in [1.29, 1.82) is 0 Å². The molecule has 3 heteroatoms. The van der Waals surface area contributed by atoms with Gasteiger partial charge in [0.2, 0.25) is 0 Å². The van der Waals surface area contributed by atoms with Gasteiger partial charge in [-0.2, -0.15) is 0 Å². The van der Waals surface area contributed by atoms with E-state index < -0.39 is 6.10 Å². The van der Waals surface area contributed by atoms with E-state index in [-0.39, 0.29) is 6.61 Å². The van der Waals surface area contributed by atoms with Gasteiger partial charge in [-0.1, -0.05) is 24.3 Å². The van der Waals surface area contributed by atoms with Crippen LogP contribution in [0.25, 0.3) is 0 Å². The van der Waals surface area contributed by atoms with E-state index in [2.05, 4.69) is 29.6 Å². The summed E-state index contributed by atoms with van der Waals surface area (Å²) in [6, 6.07) is 8.83. The molecule has 0 aromatic heterocycles. The van der Waals surface area contributed by atoms with Crippen molar-refractivity contribution in [1.82, 2.24) is 5.32 Å². The van der Waals surface area contributed by atoms with Gasteiger partial charge in [0.05, 0.1) is 12.7 Å². The molecule has 2 rings (SSSR count). The van der Waals surface area contributed by atoms with E-state index in [4.69, 9.17) is 5.11 Å². The second-order valence-electron chi connectivity index (χ2n) is 4.12. The minimum absolute atomic E-state index is 0.174. The Bertz CT molecular complexity index is 302. The maximum absolute atomic E-state index is 9.22. The molecule has 1 aromatic rings. The van der Waals surface area contributed by atoms with Crippen LogP contribution < -0.4 is 5.32 Å². The summed E-state index contributed by atoms with van der Waals surface area (Å²) in [7, 11) is 0. The molecule has 0 unspecified atom stereocenters. The van der Waals surface area contributed by atoms with Crippen molar-refractivity contribution in [3.63, 3.8) is 0 Å². The van der Waals surface area contributed by atoms with Crippen molar-refractivity contribution < 1.29 is 10.2 Å². The summed E-state index contributed by atoms with van der Waals surface area (Å²) in [5.74, 6) is 0. The van der Waals surface area contributed by atoms with Crippen LogP contribution >= 0.6 is 0 Å². The summed E-state index contributed by atoms with van der Waals surface area (Å²) in [5.41, 5.74) is 2.79. The number of rotatable bonds is 4. The van der Waals surface area contributed by atoms with Gasteiger partial charge in [-0.25, -0.2) is 0 Å². The van der Waals surface area contributed by atoms with Gasteiger partial charge >= 0.3 is 0 Å². The van der Waals surface area contributed by atoms with Crippen LogP contribution in [0.15, 0.2) is 24.3 Å². The van der Waals surface area contributed by atoms with Gasteiger partial charge in [0.25, 0.3) is 0 Å². The highest BCUT2D eigenvalue weighted by atomic mass is 16.3. The second-order valence-corrected chi connectivity index (χ2v) is 4.12. The van der Waals surface area contributed by atoms with Gasteiger partial charge < -0.3 is 15.5 Å². The van der Waals surface area contributed by atoms with E-state index in [0.717, 1.165) is 12.8 Å². The Morgan fingerprint density at radius 2 is 1.87 bits per heavy atom. The van der Waals surface area contributed by atoms with Crippen LogP contribution in [0.1, 0.15) is 11.1 Å². The number of benzene rings is 1. The summed E-state index contributed by atoms with van der Waals surface area (Å²) in [5, 5.41) is 21.2. The molecule has 0 bridgehead atoms. The summed E-state index contributed by atoms with van der Waals surface area (Å²) in [6.07, 6.45) is 1.40. The molecule has 3 nitrogen and oxygen atoms in total. The van der Waals surface area contributed by atoms with Crippen LogP contribution in [-0.2, 0) is 12.8 Å². The quantitative estimate of drug-likeness (QED) is 0.656. The molecule has 0 heterocycles. The van der Waals surface area contributed by atoms with Crippen LogP contribution in [0.2, 0.25) is 0 Å². The van der Waals surface area contributed by atoms with Crippen molar-refractivity contribution >= 4 is 0 Å². The van der Waals surface area contributed by atoms with E-state index in [1.54, 1.807) is 0 Å². The zero-order valence-corrected chi connectivity index (χ0v) is 8.69. The molecule has 0 radical (unpaired) electrons. The van der Waals surface area contributed by atoms with Crippen molar-refractivity contribution in [2.24, 2.45) is 0 Å². The largest absolute Gasteiger partial charge is 0.394 e. The highest BCUT2D eigenvalue weighted by Crippen LogP contribution is 2.21. The van der Waals surface area contributed by atoms with Crippen molar-refractivity contribution in [2.75, 3.05) is 13.2 Å². The Balaban J connectivity index is 1.85. The molecule has 0 saturated carbocycles. The van der Waals surface area contributed by atoms with E-state index in [9.17, 15) is 5.11 Å². The number of aliphatic hydroxyl groups excluding tert-OH is 2. The molecule has 1 atom stereocenters. The van der Waals surface area contributed by atoms with Crippen molar-refractivity contribution in [3.05, 3.63) is 35.4 Å². The fourth-order valence-corrected chi connectivity index (χ4v) is 2.07. The molecule has 0 spiro atoms. The van der Waals surface area contributed by atoms with Crippen molar-refractivity contribution in [3.8, 4) is 0 Å². The summed E-state index contributed by atoms with van der Waals surface area (Å²) in [6.45, 7) is 0.293. The minimum Gasteiger partial charge on any atom is -0.394 e. The van der Waals surface area contributed by atoms with Gasteiger partial charge in [0.1, 0.15) is 0 Å². The molecule has 0 aliphatic heterocycles. The Hall–Kier alpha value is -0.900. The molecule has 0 fully saturated rings. The molecule has 82 valence electrons. The Morgan fingerprint density at radius 1 is 1.27 bits per heavy atom. The third kappa shape index (κ3) is 2.56. The van der Waals surface area contributed by atoms with E-state index in [1.165, 1.54) is 11.1 Å². The SMILES string of the molecule is OC[C@@H](O)CNC1Cc2ccccc2C1. The molecule has 1 aromatic carbocycles. The maximum Gasteiger partial charge on any atom is 0.0895 e. The van der Waals surface area contributed by atoms with Crippen LogP contribution in [-0.4, -0.2) is 35.5 Å².